The highest BCUT2D eigenvalue weighted by Gasteiger charge is 2.29. The number of nitrogens with zero attached hydrogens (tertiary/aromatic N) is 3. The molecule has 2 aliphatic heterocycles. The van der Waals surface area contributed by atoms with Crippen LogP contribution in [-0.4, -0.2) is 35.6 Å². The highest BCUT2D eigenvalue weighted by Crippen LogP contribution is 2.35. The smallest absolute Gasteiger partial charge is 0.128 e. The van der Waals surface area contributed by atoms with Crippen LogP contribution in [0.3, 0.4) is 0 Å². The van der Waals surface area contributed by atoms with Crippen molar-refractivity contribution in [1.29, 1.82) is 0 Å². The fourth-order valence-corrected chi connectivity index (χ4v) is 3.95. The summed E-state index contributed by atoms with van der Waals surface area (Å²) in [5.41, 5.74) is 2.68. The third-order valence-electron chi connectivity index (χ3n) is 5.11. The van der Waals surface area contributed by atoms with Crippen molar-refractivity contribution in [3.05, 3.63) is 23.4 Å². The van der Waals surface area contributed by atoms with E-state index < -0.39 is 0 Å². The van der Waals surface area contributed by atoms with Crippen molar-refractivity contribution in [1.82, 2.24) is 9.88 Å². The minimum atomic E-state index is 0.577. The molecule has 3 heteroatoms. The van der Waals surface area contributed by atoms with E-state index in [1.165, 1.54) is 68.8 Å². The van der Waals surface area contributed by atoms with Crippen LogP contribution in [0.1, 0.15) is 63.3 Å². The standard InChI is InChI=1S/C18H29N3/c1-14(2)21-13-7-8-17(21)16-9-10-18(19-15(16)3)20-11-5-4-6-12-20/h9-10,14,17H,4-8,11-13H2,1-3H3. The van der Waals surface area contributed by atoms with Crippen molar-refractivity contribution in [3.8, 4) is 0 Å². The van der Waals surface area contributed by atoms with Crippen LogP contribution in [0.2, 0.25) is 0 Å². The Labute approximate surface area is 129 Å². The SMILES string of the molecule is Cc1nc(N2CCCCC2)ccc1C1CCCN1C(C)C. The Bertz CT molecular complexity index is 477. The Morgan fingerprint density at radius 2 is 1.81 bits per heavy atom. The van der Waals surface area contributed by atoms with Gasteiger partial charge in [-0.05, 0) is 71.0 Å². The first-order valence-electron chi connectivity index (χ1n) is 8.65. The number of hydrogen-bond acceptors (Lipinski definition) is 3. The number of aryl methyl sites for hydroxylation is 1. The van der Waals surface area contributed by atoms with Crippen molar-refractivity contribution in [2.75, 3.05) is 24.5 Å². The van der Waals surface area contributed by atoms with Crippen molar-refractivity contribution in [2.45, 2.75) is 65.0 Å². The Balaban J connectivity index is 1.80. The molecule has 116 valence electrons. The summed E-state index contributed by atoms with van der Waals surface area (Å²) in [6.07, 6.45) is 6.59. The third kappa shape index (κ3) is 3.08. The first-order chi connectivity index (χ1) is 10.2. The number of hydrogen-bond donors (Lipinski definition) is 0. The lowest BCUT2D eigenvalue weighted by molar-refractivity contribution is 0.204. The lowest BCUT2D eigenvalue weighted by atomic mass is 10.0. The van der Waals surface area contributed by atoms with Crippen molar-refractivity contribution < 1.29 is 0 Å². The summed E-state index contributed by atoms with van der Waals surface area (Å²) in [6.45, 7) is 10.4. The Morgan fingerprint density at radius 1 is 1.05 bits per heavy atom. The van der Waals surface area contributed by atoms with Gasteiger partial charge in [-0.1, -0.05) is 6.07 Å². The maximum absolute atomic E-state index is 4.93. The van der Waals surface area contributed by atoms with E-state index in [9.17, 15) is 0 Å². The van der Waals surface area contributed by atoms with Gasteiger partial charge in [0, 0.05) is 30.9 Å². The molecule has 0 aliphatic carbocycles. The van der Waals surface area contributed by atoms with E-state index in [1.807, 2.05) is 0 Å². The van der Waals surface area contributed by atoms with E-state index in [1.54, 1.807) is 0 Å². The predicted molar refractivity (Wildman–Crippen MR) is 88.9 cm³/mol. The topological polar surface area (TPSA) is 19.4 Å². The van der Waals surface area contributed by atoms with Gasteiger partial charge in [0.2, 0.25) is 0 Å². The normalized spacial score (nSPS) is 24.0. The van der Waals surface area contributed by atoms with Crippen molar-refractivity contribution >= 4 is 5.82 Å². The summed E-state index contributed by atoms with van der Waals surface area (Å²) in [4.78, 5) is 10.0. The summed E-state index contributed by atoms with van der Waals surface area (Å²) < 4.78 is 0. The van der Waals surface area contributed by atoms with Crippen molar-refractivity contribution in [2.24, 2.45) is 0 Å². The Kier molecular flexibility index (Phi) is 4.48. The molecule has 1 aromatic rings. The molecule has 0 amide bonds. The van der Waals surface area contributed by atoms with Crippen LogP contribution in [0.4, 0.5) is 5.82 Å². The van der Waals surface area contributed by atoms with Gasteiger partial charge in [-0.15, -0.1) is 0 Å². The van der Waals surface area contributed by atoms with E-state index in [4.69, 9.17) is 4.98 Å². The molecule has 0 radical (unpaired) electrons. The molecule has 3 nitrogen and oxygen atoms in total. The van der Waals surface area contributed by atoms with Gasteiger partial charge in [0.25, 0.3) is 0 Å². The summed E-state index contributed by atoms with van der Waals surface area (Å²) in [5, 5.41) is 0. The van der Waals surface area contributed by atoms with Gasteiger partial charge in [0.1, 0.15) is 5.82 Å². The summed E-state index contributed by atoms with van der Waals surface area (Å²) in [7, 11) is 0. The van der Waals surface area contributed by atoms with E-state index in [0.717, 1.165) is 0 Å². The van der Waals surface area contributed by atoms with Crippen LogP contribution in [-0.2, 0) is 0 Å². The summed E-state index contributed by atoms with van der Waals surface area (Å²) in [5.74, 6) is 1.19. The monoisotopic (exact) mass is 287 g/mol. The first-order valence-corrected chi connectivity index (χ1v) is 8.65. The average Bonchev–Trinajstić information content (AvgIpc) is 2.97. The molecule has 2 fully saturated rings. The van der Waals surface area contributed by atoms with Gasteiger partial charge < -0.3 is 4.90 Å². The molecule has 0 aromatic carbocycles. The molecule has 3 heterocycles. The average molecular weight is 287 g/mol. The summed E-state index contributed by atoms with van der Waals surface area (Å²) in [6, 6.07) is 5.80. The third-order valence-corrected chi connectivity index (χ3v) is 5.11. The highest BCUT2D eigenvalue weighted by atomic mass is 15.2. The first kappa shape index (κ1) is 14.8. The van der Waals surface area contributed by atoms with E-state index in [0.29, 0.717) is 12.1 Å². The number of likely N-dealkylation sites (tertiary alicyclic amines) is 1. The number of aromatic nitrogens is 1. The van der Waals surface area contributed by atoms with Gasteiger partial charge in [0.05, 0.1) is 0 Å². The molecule has 1 aromatic heterocycles. The van der Waals surface area contributed by atoms with Crippen LogP contribution in [0.5, 0.6) is 0 Å². The summed E-state index contributed by atoms with van der Waals surface area (Å²) >= 11 is 0. The van der Waals surface area contributed by atoms with Gasteiger partial charge in [-0.2, -0.15) is 0 Å². The minimum absolute atomic E-state index is 0.577. The zero-order valence-corrected chi connectivity index (χ0v) is 13.8. The molecule has 0 saturated carbocycles. The van der Waals surface area contributed by atoms with Crippen LogP contribution in [0.25, 0.3) is 0 Å². The lowest BCUT2D eigenvalue weighted by Gasteiger charge is -2.31. The molecule has 21 heavy (non-hydrogen) atoms. The predicted octanol–water partition coefficient (Wildman–Crippen LogP) is 3.93. The molecule has 1 unspecified atom stereocenters. The largest absolute Gasteiger partial charge is 0.357 e. The number of rotatable bonds is 3. The Morgan fingerprint density at radius 3 is 2.48 bits per heavy atom. The minimum Gasteiger partial charge on any atom is -0.357 e. The zero-order valence-electron chi connectivity index (χ0n) is 13.8. The second-order valence-electron chi connectivity index (χ2n) is 6.88. The number of anilines is 1. The molecule has 2 aliphatic rings. The second kappa shape index (κ2) is 6.35. The van der Waals surface area contributed by atoms with E-state index in [-0.39, 0.29) is 0 Å². The molecular weight excluding hydrogens is 258 g/mol. The second-order valence-corrected chi connectivity index (χ2v) is 6.88. The molecule has 0 bridgehead atoms. The van der Waals surface area contributed by atoms with Gasteiger partial charge >= 0.3 is 0 Å². The van der Waals surface area contributed by atoms with Crippen molar-refractivity contribution in [3.63, 3.8) is 0 Å². The van der Waals surface area contributed by atoms with Crippen LogP contribution >= 0.6 is 0 Å². The van der Waals surface area contributed by atoms with Gasteiger partial charge in [-0.25, -0.2) is 4.98 Å². The zero-order chi connectivity index (χ0) is 14.8. The fourth-order valence-electron chi connectivity index (χ4n) is 3.95. The quantitative estimate of drug-likeness (QED) is 0.840. The van der Waals surface area contributed by atoms with Crippen LogP contribution < -0.4 is 4.90 Å². The molecule has 1 atom stereocenters. The number of pyridine rings is 1. The Hall–Kier alpha value is -1.09. The van der Waals surface area contributed by atoms with Gasteiger partial charge in [-0.3, -0.25) is 4.90 Å². The lowest BCUT2D eigenvalue weighted by Crippen LogP contribution is -2.32. The van der Waals surface area contributed by atoms with Gasteiger partial charge in [0.15, 0.2) is 0 Å². The molecule has 0 spiro atoms. The molecule has 0 N–H and O–H groups in total. The van der Waals surface area contributed by atoms with E-state index >= 15 is 0 Å². The maximum Gasteiger partial charge on any atom is 0.128 e. The molecule has 3 rings (SSSR count). The van der Waals surface area contributed by atoms with Crippen LogP contribution in [0, 0.1) is 6.92 Å². The molecule has 2 saturated heterocycles. The van der Waals surface area contributed by atoms with E-state index in [2.05, 4.69) is 42.7 Å². The number of piperidine rings is 1. The fraction of sp³-hybridized carbons (Fsp3) is 0.722. The molecular formula is C18H29N3. The maximum atomic E-state index is 4.93. The van der Waals surface area contributed by atoms with Crippen LogP contribution in [0.15, 0.2) is 12.1 Å². The highest BCUT2D eigenvalue weighted by molar-refractivity contribution is 5.43.